The molecule has 96 valence electrons. The second-order valence-corrected chi connectivity index (χ2v) is 6.07. The van der Waals surface area contributed by atoms with E-state index in [-0.39, 0.29) is 0 Å². The maximum Gasteiger partial charge on any atom is 0.139 e. The molecule has 1 aromatic carbocycles. The van der Waals surface area contributed by atoms with Gasteiger partial charge in [-0.2, -0.15) is 0 Å². The van der Waals surface area contributed by atoms with E-state index in [0.29, 0.717) is 5.82 Å². The molecule has 3 nitrogen and oxygen atoms in total. The van der Waals surface area contributed by atoms with E-state index in [2.05, 4.69) is 36.8 Å². The van der Waals surface area contributed by atoms with Gasteiger partial charge in [0.2, 0.25) is 0 Å². The third kappa shape index (κ3) is 2.07. The molecule has 0 saturated heterocycles. The van der Waals surface area contributed by atoms with Gasteiger partial charge in [0, 0.05) is 20.7 Å². The van der Waals surface area contributed by atoms with Crippen LogP contribution in [0.5, 0.6) is 0 Å². The highest BCUT2D eigenvalue weighted by molar-refractivity contribution is 9.10. The molecule has 3 rings (SSSR count). The summed E-state index contributed by atoms with van der Waals surface area (Å²) in [6.07, 6.45) is 1.95. The summed E-state index contributed by atoms with van der Waals surface area (Å²) in [6.45, 7) is 2.03. The van der Waals surface area contributed by atoms with E-state index in [1.807, 2.05) is 47.9 Å². The van der Waals surface area contributed by atoms with E-state index in [9.17, 15) is 0 Å². The fourth-order valence-corrected chi connectivity index (χ4v) is 2.82. The van der Waals surface area contributed by atoms with Crippen LogP contribution in [-0.4, -0.2) is 9.38 Å². The Kier molecular flexibility index (Phi) is 3.11. The van der Waals surface area contributed by atoms with Crippen molar-refractivity contribution in [2.45, 2.75) is 6.92 Å². The number of rotatable bonds is 1. The number of nitrogen functional groups attached to an aromatic ring is 1. The Morgan fingerprint density at radius 3 is 2.63 bits per heavy atom. The predicted octanol–water partition coefficient (Wildman–Crippen LogP) is 4.42. The number of benzene rings is 1. The molecule has 5 heteroatoms. The van der Waals surface area contributed by atoms with Crippen LogP contribution >= 0.6 is 31.9 Å². The summed E-state index contributed by atoms with van der Waals surface area (Å²) in [5, 5.41) is 0. The zero-order valence-electron chi connectivity index (χ0n) is 10.2. The van der Waals surface area contributed by atoms with Gasteiger partial charge in [0.25, 0.3) is 0 Å². The van der Waals surface area contributed by atoms with Crippen LogP contribution in [0, 0.1) is 6.92 Å². The number of nitrogens with zero attached hydrogens (tertiary/aromatic N) is 2. The number of nitrogens with two attached hydrogens (primary N) is 1. The minimum atomic E-state index is 0.641. The van der Waals surface area contributed by atoms with Gasteiger partial charge in [-0.05, 0) is 40.5 Å². The maximum atomic E-state index is 6.22. The molecule has 0 aliphatic rings. The monoisotopic (exact) mass is 379 g/mol. The Labute approximate surface area is 127 Å². The van der Waals surface area contributed by atoms with Gasteiger partial charge in [-0.1, -0.05) is 34.1 Å². The lowest BCUT2D eigenvalue weighted by molar-refractivity contribution is 1.16. The summed E-state index contributed by atoms with van der Waals surface area (Å²) in [6, 6.07) is 9.95. The van der Waals surface area contributed by atoms with E-state index >= 15 is 0 Å². The maximum absolute atomic E-state index is 6.22. The first-order chi connectivity index (χ1) is 9.08. The number of anilines is 1. The second-order valence-electron chi connectivity index (χ2n) is 4.36. The normalized spacial score (nSPS) is 11.1. The highest BCUT2D eigenvalue weighted by atomic mass is 79.9. The highest BCUT2D eigenvalue weighted by Gasteiger charge is 2.14. The van der Waals surface area contributed by atoms with E-state index in [1.165, 1.54) is 0 Å². The fourth-order valence-electron chi connectivity index (χ4n) is 2.03. The zero-order valence-corrected chi connectivity index (χ0v) is 13.4. The quantitative estimate of drug-likeness (QED) is 0.679. The Balaban J connectivity index is 2.32. The topological polar surface area (TPSA) is 43.3 Å². The number of hydrogen-bond acceptors (Lipinski definition) is 2. The predicted molar refractivity (Wildman–Crippen MR) is 85.2 cm³/mol. The molecule has 0 radical (unpaired) electrons. The third-order valence-corrected chi connectivity index (χ3v) is 4.59. The van der Waals surface area contributed by atoms with Gasteiger partial charge in [-0.25, -0.2) is 4.98 Å². The SMILES string of the molecule is Cc1cc2nc(-c3ccccc3Br)c(N)n2cc1Br. The van der Waals surface area contributed by atoms with E-state index < -0.39 is 0 Å². The van der Waals surface area contributed by atoms with Crippen LogP contribution < -0.4 is 5.73 Å². The Morgan fingerprint density at radius 1 is 1.16 bits per heavy atom. The van der Waals surface area contributed by atoms with Gasteiger partial charge in [0.05, 0.1) is 0 Å². The third-order valence-electron chi connectivity index (χ3n) is 3.07. The van der Waals surface area contributed by atoms with Crippen molar-refractivity contribution in [1.82, 2.24) is 9.38 Å². The zero-order chi connectivity index (χ0) is 13.6. The lowest BCUT2D eigenvalue weighted by Gasteiger charge is -2.02. The molecule has 2 N–H and O–H groups in total. The average Bonchev–Trinajstić information content (AvgIpc) is 2.68. The Hall–Kier alpha value is -1.33. The number of hydrogen-bond donors (Lipinski definition) is 1. The second kappa shape index (κ2) is 4.65. The van der Waals surface area contributed by atoms with Crippen molar-refractivity contribution in [3.8, 4) is 11.3 Å². The number of halogens is 2. The van der Waals surface area contributed by atoms with Crippen LogP contribution in [0.3, 0.4) is 0 Å². The molecular weight excluding hydrogens is 370 g/mol. The smallest absolute Gasteiger partial charge is 0.139 e. The molecule has 0 saturated carbocycles. The molecule has 0 bridgehead atoms. The fraction of sp³-hybridized carbons (Fsp3) is 0.0714. The number of fused-ring (bicyclic) bond motifs is 1. The van der Waals surface area contributed by atoms with Crippen LogP contribution in [0.2, 0.25) is 0 Å². The molecule has 0 unspecified atom stereocenters. The lowest BCUT2D eigenvalue weighted by Crippen LogP contribution is -1.95. The number of pyridine rings is 1. The molecule has 0 atom stereocenters. The van der Waals surface area contributed by atoms with Crippen LogP contribution in [0.25, 0.3) is 16.9 Å². The van der Waals surface area contributed by atoms with Crippen LogP contribution in [-0.2, 0) is 0 Å². The van der Waals surface area contributed by atoms with Crippen molar-refractivity contribution in [3.05, 3.63) is 51.0 Å². The molecule has 0 fully saturated rings. The van der Waals surface area contributed by atoms with Crippen LogP contribution in [0.4, 0.5) is 5.82 Å². The minimum absolute atomic E-state index is 0.641. The molecule has 0 amide bonds. The summed E-state index contributed by atoms with van der Waals surface area (Å²) >= 11 is 7.06. The summed E-state index contributed by atoms with van der Waals surface area (Å²) in [5.74, 6) is 0.641. The van der Waals surface area contributed by atoms with Crippen molar-refractivity contribution >= 4 is 43.3 Å². The molecule has 2 heterocycles. The van der Waals surface area contributed by atoms with Gasteiger partial charge in [0.15, 0.2) is 0 Å². The van der Waals surface area contributed by atoms with Crippen LogP contribution in [0.15, 0.2) is 45.5 Å². The first kappa shape index (κ1) is 12.7. The molecule has 0 aliphatic heterocycles. The largest absolute Gasteiger partial charge is 0.383 e. The summed E-state index contributed by atoms with van der Waals surface area (Å²) in [5.41, 5.74) is 10.00. The number of aromatic nitrogens is 2. The first-order valence-corrected chi connectivity index (χ1v) is 7.35. The van der Waals surface area contributed by atoms with E-state index in [1.54, 1.807) is 0 Å². The van der Waals surface area contributed by atoms with Crippen molar-refractivity contribution in [1.29, 1.82) is 0 Å². The molecular formula is C14H11Br2N3. The summed E-state index contributed by atoms with van der Waals surface area (Å²) in [7, 11) is 0. The molecule has 0 aliphatic carbocycles. The molecule has 19 heavy (non-hydrogen) atoms. The van der Waals surface area contributed by atoms with Gasteiger partial charge in [-0.15, -0.1) is 0 Å². The minimum Gasteiger partial charge on any atom is -0.383 e. The van der Waals surface area contributed by atoms with Crippen LogP contribution in [0.1, 0.15) is 5.56 Å². The first-order valence-electron chi connectivity index (χ1n) is 5.76. The van der Waals surface area contributed by atoms with Crippen molar-refractivity contribution < 1.29 is 0 Å². The summed E-state index contributed by atoms with van der Waals surface area (Å²) < 4.78 is 3.90. The lowest BCUT2D eigenvalue weighted by atomic mass is 10.1. The Morgan fingerprint density at radius 2 is 1.89 bits per heavy atom. The van der Waals surface area contributed by atoms with E-state index in [4.69, 9.17) is 5.73 Å². The number of imidazole rings is 1. The molecule has 0 spiro atoms. The van der Waals surface area contributed by atoms with Crippen molar-refractivity contribution in [2.24, 2.45) is 0 Å². The molecule has 3 aromatic rings. The molecule has 2 aromatic heterocycles. The van der Waals surface area contributed by atoms with Crippen molar-refractivity contribution in [2.75, 3.05) is 5.73 Å². The van der Waals surface area contributed by atoms with Gasteiger partial charge < -0.3 is 5.73 Å². The highest BCUT2D eigenvalue weighted by Crippen LogP contribution is 2.33. The summed E-state index contributed by atoms with van der Waals surface area (Å²) in [4.78, 5) is 4.63. The van der Waals surface area contributed by atoms with Crippen molar-refractivity contribution in [3.63, 3.8) is 0 Å². The Bertz CT molecular complexity index is 778. The standard InChI is InChI=1S/C14H11Br2N3/c1-8-6-12-18-13(9-4-2-3-5-10(9)15)14(17)19(12)7-11(8)16/h2-7H,17H2,1H3. The number of aryl methyl sites for hydroxylation is 1. The average molecular weight is 381 g/mol. The van der Waals surface area contributed by atoms with Gasteiger partial charge in [0.1, 0.15) is 17.2 Å². The van der Waals surface area contributed by atoms with Gasteiger partial charge >= 0.3 is 0 Å². The van der Waals surface area contributed by atoms with Gasteiger partial charge in [-0.3, -0.25) is 4.40 Å². The van der Waals surface area contributed by atoms with E-state index in [0.717, 1.165) is 31.4 Å².